The Kier molecular flexibility index (Phi) is 7.50. The highest BCUT2D eigenvalue weighted by Gasteiger charge is 2.20. The lowest BCUT2D eigenvalue weighted by molar-refractivity contribution is 0.0990. The van der Waals surface area contributed by atoms with E-state index in [9.17, 15) is 4.79 Å². The van der Waals surface area contributed by atoms with Crippen molar-refractivity contribution < 1.29 is 9.32 Å². The van der Waals surface area contributed by atoms with Gasteiger partial charge in [0.25, 0.3) is 0 Å². The van der Waals surface area contributed by atoms with Crippen LogP contribution in [0.1, 0.15) is 48.1 Å². The molecule has 2 aromatic rings. The molecule has 0 aliphatic rings. The van der Waals surface area contributed by atoms with Gasteiger partial charge >= 0.3 is 0 Å². The molecule has 148 valence electrons. The Balaban J connectivity index is 2.16. The number of hydrogen-bond donors (Lipinski definition) is 1. The second-order valence-electron chi connectivity index (χ2n) is 7.29. The van der Waals surface area contributed by atoms with Crippen molar-refractivity contribution in [3.05, 3.63) is 90.2 Å². The molecule has 1 heterocycles. The van der Waals surface area contributed by atoms with E-state index in [2.05, 4.69) is 40.5 Å². The Morgan fingerprint density at radius 3 is 2.76 bits per heavy atom. The number of rotatable bonds is 7. The lowest BCUT2D eigenvalue weighted by atomic mass is 9.93. The molecule has 5 nitrogen and oxygen atoms in total. The number of aliphatic imine (C=N–C) groups is 1. The predicted octanol–water partition coefficient (Wildman–Crippen LogP) is 4.58. The number of Topliss-reactive ketones (excluding diaryl/α,β-unsaturated/α-hetero) is 1. The summed E-state index contributed by atoms with van der Waals surface area (Å²) in [6.45, 7) is 13.3. The monoisotopic (exact) mass is 387 g/mol. The average Bonchev–Trinajstić information content (AvgIpc) is 3.15. The Morgan fingerprint density at radius 2 is 2.10 bits per heavy atom. The molecule has 1 aromatic carbocycles. The molecule has 0 unspecified atom stereocenters. The van der Waals surface area contributed by atoms with Crippen molar-refractivity contribution >= 4 is 12.0 Å². The Labute approximate surface area is 171 Å². The van der Waals surface area contributed by atoms with Crippen LogP contribution in [0.3, 0.4) is 0 Å². The fraction of sp³-hybridized carbons (Fsp3) is 0.208. The zero-order valence-electron chi connectivity index (χ0n) is 17.0. The molecule has 0 spiro atoms. The fourth-order valence-electron chi connectivity index (χ4n) is 2.32. The zero-order valence-corrected chi connectivity index (χ0v) is 17.0. The number of aromatic nitrogens is 1. The van der Waals surface area contributed by atoms with Gasteiger partial charge in [-0.3, -0.25) is 9.79 Å². The molecule has 1 N–H and O–H groups in total. The molecule has 0 aliphatic carbocycles. The summed E-state index contributed by atoms with van der Waals surface area (Å²) >= 11 is 0. The molecule has 0 aliphatic heterocycles. The summed E-state index contributed by atoms with van der Waals surface area (Å²) in [6.07, 6.45) is 6.40. The van der Waals surface area contributed by atoms with Crippen LogP contribution in [0, 0.1) is 11.8 Å². The molecule has 0 amide bonds. The SMILES string of the molecule is C=CC=N/C=C(/C#Cc1cccc(C(=O)Cc2cc(C(C)(C)C)on2)c1)NC=C. The third-order valence-electron chi connectivity index (χ3n) is 3.82. The summed E-state index contributed by atoms with van der Waals surface area (Å²) in [4.78, 5) is 16.7. The van der Waals surface area contributed by atoms with Crippen molar-refractivity contribution in [2.75, 3.05) is 0 Å². The van der Waals surface area contributed by atoms with Crippen molar-refractivity contribution in [1.29, 1.82) is 0 Å². The van der Waals surface area contributed by atoms with E-state index in [0.29, 0.717) is 17.0 Å². The average molecular weight is 387 g/mol. The molecule has 0 saturated carbocycles. The summed E-state index contributed by atoms with van der Waals surface area (Å²) in [5.41, 5.74) is 2.34. The number of carbonyl (C=O) groups excluding carboxylic acids is 1. The van der Waals surface area contributed by atoms with Crippen molar-refractivity contribution in [2.24, 2.45) is 4.99 Å². The largest absolute Gasteiger partial charge is 0.361 e. The van der Waals surface area contributed by atoms with Gasteiger partial charge < -0.3 is 9.84 Å². The second-order valence-corrected chi connectivity index (χ2v) is 7.29. The molecular weight excluding hydrogens is 362 g/mol. The zero-order chi connectivity index (χ0) is 21.3. The number of nitrogens with one attached hydrogen (secondary N) is 1. The molecule has 1 aromatic heterocycles. The molecule has 2 rings (SSSR count). The molecule has 0 radical (unpaired) electrons. The number of ketones is 1. The maximum atomic E-state index is 12.6. The first-order chi connectivity index (χ1) is 13.8. The minimum Gasteiger partial charge on any atom is -0.361 e. The van der Waals surface area contributed by atoms with Crippen molar-refractivity contribution in [2.45, 2.75) is 32.6 Å². The summed E-state index contributed by atoms with van der Waals surface area (Å²) in [5, 5.41) is 6.93. The highest BCUT2D eigenvalue weighted by atomic mass is 16.5. The van der Waals surface area contributed by atoms with E-state index in [0.717, 1.165) is 11.3 Å². The van der Waals surface area contributed by atoms with Gasteiger partial charge in [-0.2, -0.15) is 0 Å². The van der Waals surface area contributed by atoms with Gasteiger partial charge in [-0.05, 0) is 24.3 Å². The maximum Gasteiger partial charge on any atom is 0.168 e. The lowest BCUT2D eigenvalue weighted by Crippen LogP contribution is -2.09. The van der Waals surface area contributed by atoms with E-state index in [4.69, 9.17) is 4.52 Å². The minimum atomic E-state index is -0.149. The van der Waals surface area contributed by atoms with Gasteiger partial charge in [0.15, 0.2) is 5.78 Å². The third-order valence-corrected chi connectivity index (χ3v) is 3.82. The van der Waals surface area contributed by atoms with Crippen LogP contribution in [0.25, 0.3) is 0 Å². The summed E-state index contributed by atoms with van der Waals surface area (Å²) in [7, 11) is 0. The van der Waals surface area contributed by atoms with Crippen molar-refractivity contribution in [3.8, 4) is 11.8 Å². The fourth-order valence-corrected chi connectivity index (χ4v) is 2.32. The molecule has 29 heavy (non-hydrogen) atoms. The van der Waals surface area contributed by atoms with Gasteiger partial charge in [-0.1, -0.05) is 63.2 Å². The molecule has 0 atom stereocenters. The molecule has 0 bridgehead atoms. The number of nitrogens with zero attached hydrogens (tertiary/aromatic N) is 2. The van der Waals surface area contributed by atoms with Gasteiger partial charge in [0, 0.05) is 28.8 Å². The number of carbonyl (C=O) groups is 1. The van der Waals surface area contributed by atoms with Gasteiger partial charge in [-0.25, -0.2) is 0 Å². The first kappa shape index (κ1) is 21.6. The molecular formula is C24H25N3O2. The minimum absolute atomic E-state index is 0.0435. The summed E-state index contributed by atoms with van der Waals surface area (Å²) in [6, 6.07) is 9.02. The number of benzene rings is 1. The number of hydrogen-bond acceptors (Lipinski definition) is 5. The van der Waals surface area contributed by atoms with Crippen LogP contribution in [0.4, 0.5) is 0 Å². The highest BCUT2D eigenvalue weighted by Crippen LogP contribution is 2.23. The Morgan fingerprint density at radius 1 is 1.31 bits per heavy atom. The van der Waals surface area contributed by atoms with E-state index in [-0.39, 0.29) is 17.6 Å². The van der Waals surface area contributed by atoms with Crippen LogP contribution in [0.2, 0.25) is 0 Å². The van der Waals surface area contributed by atoms with Gasteiger partial charge in [0.1, 0.15) is 11.5 Å². The van der Waals surface area contributed by atoms with Crippen molar-refractivity contribution in [3.63, 3.8) is 0 Å². The first-order valence-corrected chi connectivity index (χ1v) is 9.16. The van der Waals surface area contributed by atoms with E-state index in [1.54, 1.807) is 36.7 Å². The third kappa shape index (κ3) is 6.78. The number of allylic oxidation sites excluding steroid dienone is 2. The molecule has 0 fully saturated rings. The van der Waals surface area contributed by atoms with Crippen LogP contribution in [-0.4, -0.2) is 17.2 Å². The van der Waals surface area contributed by atoms with Crippen LogP contribution in [0.15, 0.2) is 77.2 Å². The highest BCUT2D eigenvalue weighted by molar-refractivity contribution is 5.97. The van der Waals surface area contributed by atoms with Crippen LogP contribution < -0.4 is 5.32 Å². The van der Waals surface area contributed by atoms with Gasteiger partial charge in [0.05, 0.1) is 18.3 Å². The lowest BCUT2D eigenvalue weighted by Gasteiger charge is -2.12. The normalized spacial score (nSPS) is 11.6. The van der Waals surface area contributed by atoms with Crippen LogP contribution >= 0.6 is 0 Å². The summed E-state index contributed by atoms with van der Waals surface area (Å²) in [5.74, 6) is 6.71. The quantitative estimate of drug-likeness (QED) is 0.429. The second kappa shape index (κ2) is 10.0. The van der Waals surface area contributed by atoms with E-state index in [1.165, 1.54) is 6.20 Å². The van der Waals surface area contributed by atoms with E-state index < -0.39 is 0 Å². The molecule has 5 heteroatoms. The van der Waals surface area contributed by atoms with Gasteiger partial charge in [-0.15, -0.1) is 0 Å². The summed E-state index contributed by atoms with van der Waals surface area (Å²) < 4.78 is 5.35. The standard InChI is InChI=1S/C24H25N3O2/c1-6-13-25-17-20(26-7-2)12-11-18-9-8-10-19(14-18)22(28)15-21-16-23(29-27-21)24(3,4)5/h6-10,13-14,16-17,26H,1-2,15H2,3-5H3/b20-17-,25-13?. The van der Waals surface area contributed by atoms with E-state index in [1.807, 2.05) is 32.9 Å². The topological polar surface area (TPSA) is 67.5 Å². The van der Waals surface area contributed by atoms with Crippen LogP contribution in [0.5, 0.6) is 0 Å². The van der Waals surface area contributed by atoms with Gasteiger partial charge in [0.2, 0.25) is 0 Å². The van der Waals surface area contributed by atoms with Crippen molar-refractivity contribution in [1.82, 2.24) is 10.5 Å². The molecule has 0 saturated heterocycles. The Hall–Kier alpha value is -3.65. The Bertz CT molecular complexity index is 1010. The maximum absolute atomic E-state index is 12.6. The predicted molar refractivity (Wildman–Crippen MR) is 117 cm³/mol. The smallest absolute Gasteiger partial charge is 0.168 e. The van der Waals surface area contributed by atoms with E-state index >= 15 is 0 Å². The first-order valence-electron chi connectivity index (χ1n) is 9.16. The van der Waals surface area contributed by atoms with Crippen LogP contribution in [-0.2, 0) is 11.8 Å².